The monoisotopic (exact) mass is 230 g/mol. The molecule has 0 spiro atoms. The lowest BCUT2D eigenvalue weighted by atomic mass is 9.90. The molecule has 0 rings (SSSR count). The Morgan fingerprint density at radius 3 is 2.44 bits per heavy atom. The van der Waals surface area contributed by atoms with Crippen LogP contribution in [0.4, 0.5) is 0 Å². The predicted octanol–water partition coefficient (Wildman–Crippen LogP) is 2.03. The van der Waals surface area contributed by atoms with Crippen LogP contribution in [0.25, 0.3) is 0 Å². The van der Waals surface area contributed by atoms with E-state index in [1.807, 2.05) is 0 Å². The van der Waals surface area contributed by atoms with E-state index in [0.717, 1.165) is 32.7 Å². The van der Waals surface area contributed by atoms with Crippen molar-refractivity contribution >= 4 is 0 Å². The van der Waals surface area contributed by atoms with Crippen LogP contribution in [-0.2, 0) is 4.74 Å². The van der Waals surface area contributed by atoms with Crippen molar-refractivity contribution in [2.75, 3.05) is 33.4 Å². The van der Waals surface area contributed by atoms with Crippen molar-refractivity contribution < 1.29 is 4.74 Å². The number of ether oxygens (including phenoxy) is 1. The van der Waals surface area contributed by atoms with Crippen molar-refractivity contribution in [2.24, 2.45) is 5.41 Å². The van der Waals surface area contributed by atoms with Gasteiger partial charge in [-0.2, -0.15) is 0 Å². The summed E-state index contributed by atoms with van der Waals surface area (Å²) < 4.78 is 5.11. The van der Waals surface area contributed by atoms with E-state index in [-0.39, 0.29) is 0 Å². The molecule has 0 bridgehead atoms. The molecule has 0 aromatic heterocycles. The van der Waals surface area contributed by atoms with E-state index < -0.39 is 0 Å². The molecule has 0 heterocycles. The van der Waals surface area contributed by atoms with E-state index in [4.69, 9.17) is 4.74 Å². The summed E-state index contributed by atoms with van der Waals surface area (Å²) in [5, 5.41) is 6.93. The summed E-state index contributed by atoms with van der Waals surface area (Å²) in [4.78, 5) is 0. The molecule has 3 heteroatoms. The zero-order valence-electron chi connectivity index (χ0n) is 11.7. The molecule has 0 saturated carbocycles. The molecule has 0 aliphatic rings. The van der Waals surface area contributed by atoms with Crippen LogP contribution in [0.15, 0.2) is 0 Å². The van der Waals surface area contributed by atoms with Crippen LogP contribution >= 0.6 is 0 Å². The molecule has 0 amide bonds. The molecule has 0 fully saturated rings. The summed E-state index contributed by atoms with van der Waals surface area (Å²) in [6.45, 7) is 13.0. The molecular weight excluding hydrogens is 200 g/mol. The van der Waals surface area contributed by atoms with Gasteiger partial charge < -0.3 is 15.4 Å². The lowest BCUT2D eigenvalue weighted by Gasteiger charge is -2.24. The molecule has 2 N–H and O–H groups in total. The topological polar surface area (TPSA) is 33.3 Å². The first-order valence-corrected chi connectivity index (χ1v) is 6.41. The molecule has 0 aliphatic heterocycles. The fourth-order valence-corrected chi connectivity index (χ4v) is 1.50. The van der Waals surface area contributed by atoms with Gasteiger partial charge in [-0.25, -0.2) is 0 Å². The maximum Gasteiger partial charge on any atom is 0.0467 e. The standard InChI is InChI=1S/C13H30N2O/c1-12(2)15-9-6-8-14-11-13(3,4)7-10-16-5/h12,14-15H,6-11H2,1-5H3. The number of rotatable bonds is 10. The molecule has 3 nitrogen and oxygen atoms in total. The summed E-state index contributed by atoms with van der Waals surface area (Å²) >= 11 is 0. The van der Waals surface area contributed by atoms with Crippen LogP contribution in [-0.4, -0.2) is 39.4 Å². The first-order valence-electron chi connectivity index (χ1n) is 6.41. The van der Waals surface area contributed by atoms with Crippen molar-refractivity contribution in [3.8, 4) is 0 Å². The Morgan fingerprint density at radius 2 is 1.88 bits per heavy atom. The van der Waals surface area contributed by atoms with Gasteiger partial charge in [-0.3, -0.25) is 0 Å². The zero-order chi connectivity index (χ0) is 12.4. The van der Waals surface area contributed by atoms with Crippen LogP contribution in [0, 0.1) is 5.41 Å². The second kappa shape index (κ2) is 8.97. The third-order valence-electron chi connectivity index (χ3n) is 2.67. The van der Waals surface area contributed by atoms with Gasteiger partial charge in [0.25, 0.3) is 0 Å². The Labute approximate surface area is 101 Å². The fraction of sp³-hybridized carbons (Fsp3) is 1.00. The summed E-state index contributed by atoms with van der Waals surface area (Å²) in [5.41, 5.74) is 0.335. The van der Waals surface area contributed by atoms with Crippen LogP contribution in [0.2, 0.25) is 0 Å². The highest BCUT2D eigenvalue weighted by atomic mass is 16.5. The number of nitrogens with one attached hydrogen (secondary N) is 2. The minimum atomic E-state index is 0.335. The van der Waals surface area contributed by atoms with Gasteiger partial charge in [0.2, 0.25) is 0 Å². The summed E-state index contributed by atoms with van der Waals surface area (Å²) in [6, 6.07) is 0.596. The fourth-order valence-electron chi connectivity index (χ4n) is 1.50. The highest BCUT2D eigenvalue weighted by Gasteiger charge is 2.16. The minimum Gasteiger partial charge on any atom is -0.385 e. The summed E-state index contributed by atoms with van der Waals surface area (Å²) in [5.74, 6) is 0. The van der Waals surface area contributed by atoms with Gasteiger partial charge in [0.15, 0.2) is 0 Å². The SMILES string of the molecule is COCCC(C)(C)CNCCCNC(C)C. The molecule has 0 saturated heterocycles. The van der Waals surface area contributed by atoms with Gasteiger partial charge >= 0.3 is 0 Å². The second-order valence-corrected chi connectivity index (χ2v) is 5.55. The van der Waals surface area contributed by atoms with Crippen LogP contribution in [0.3, 0.4) is 0 Å². The van der Waals surface area contributed by atoms with Crippen molar-refractivity contribution in [3.05, 3.63) is 0 Å². The number of hydrogen-bond donors (Lipinski definition) is 2. The van der Waals surface area contributed by atoms with Gasteiger partial charge in [0, 0.05) is 26.3 Å². The van der Waals surface area contributed by atoms with Crippen LogP contribution < -0.4 is 10.6 Å². The molecular formula is C13H30N2O. The van der Waals surface area contributed by atoms with E-state index in [1.54, 1.807) is 7.11 Å². The first-order chi connectivity index (χ1) is 7.48. The molecule has 0 atom stereocenters. The largest absolute Gasteiger partial charge is 0.385 e. The Hall–Kier alpha value is -0.120. The smallest absolute Gasteiger partial charge is 0.0467 e. The van der Waals surface area contributed by atoms with Gasteiger partial charge in [-0.1, -0.05) is 27.7 Å². The van der Waals surface area contributed by atoms with Crippen molar-refractivity contribution in [1.29, 1.82) is 0 Å². The average Bonchev–Trinajstić information content (AvgIpc) is 2.20. The molecule has 0 unspecified atom stereocenters. The lowest BCUT2D eigenvalue weighted by Crippen LogP contribution is -2.33. The predicted molar refractivity (Wildman–Crippen MR) is 70.9 cm³/mol. The van der Waals surface area contributed by atoms with E-state index in [0.29, 0.717) is 11.5 Å². The molecule has 0 radical (unpaired) electrons. The second-order valence-electron chi connectivity index (χ2n) is 5.55. The number of hydrogen-bond acceptors (Lipinski definition) is 3. The third kappa shape index (κ3) is 10.4. The highest BCUT2D eigenvalue weighted by Crippen LogP contribution is 2.18. The normalized spacial score (nSPS) is 12.4. The van der Waals surface area contributed by atoms with E-state index in [9.17, 15) is 0 Å². The van der Waals surface area contributed by atoms with Crippen molar-refractivity contribution in [1.82, 2.24) is 10.6 Å². The van der Waals surface area contributed by atoms with E-state index in [1.165, 1.54) is 6.42 Å². The molecule has 0 aliphatic carbocycles. The van der Waals surface area contributed by atoms with Gasteiger partial charge in [0.1, 0.15) is 0 Å². The lowest BCUT2D eigenvalue weighted by molar-refractivity contribution is 0.151. The Kier molecular flexibility index (Phi) is 8.90. The van der Waals surface area contributed by atoms with Crippen LogP contribution in [0.1, 0.15) is 40.5 Å². The summed E-state index contributed by atoms with van der Waals surface area (Å²) in [7, 11) is 1.76. The Balaban J connectivity index is 3.35. The third-order valence-corrected chi connectivity index (χ3v) is 2.67. The highest BCUT2D eigenvalue weighted by molar-refractivity contribution is 4.71. The number of methoxy groups -OCH3 is 1. The Bertz CT molecular complexity index is 158. The van der Waals surface area contributed by atoms with Gasteiger partial charge in [-0.15, -0.1) is 0 Å². The maximum atomic E-state index is 5.11. The zero-order valence-corrected chi connectivity index (χ0v) is 11.7. The van der Waals surface area contributed by atoms with Gasteiger partial charge in [-0.05, 0) is 31.3 Å². The Morgan fingerprint density at radius 1 is 1.19 bits per heavy atom. The van der Waals surface area contributed by atoms with E-state index in [2.05, 4.69) is 38.3 Å². The van der Waals surface area contributed by atoms with Crippen molar-refractivity contribution in [3.63, 3.8) is 0 Å². The summed E-state index contributed by atoms with van der Waals surface area (Å²) in [6.07, 6.45) is 2.30. The molecule has 16 heavy (non-hydrogen) atoms. The quantitative estimate of drug-likeness (QED) is 0.563. The minimum absolute atomic E-state index is 0.335. The molecule has 0 aromatic rings. The van der Waals surface area contributed by atoms with Crippen molar-refractivity contribution in [2.45, 2.75) is 46.6 Å². The van der Waals surface area contributed by atoms with E-state index >= 15 is 0 Å². The maximum absolute atomic E-state index is 5.11. The molecule has 98 valence electrons. The van der Waals surface area contributed by atoms with Gasteiger partial charge in [0.05, 0.1) is 0 Å². The average molecular weight is 230 g/mol. The molecule has 0 aromatic carbocycles. The first kappa shape index (κ1) is 15.9. The van der Waals surface area contributed by atoms with Crippen LogP contribution in [0.5, 0.6) is 0 Å².